The molecular weight excluding hydrogens is 330 g/mol. The molecule has 3 aromatic rings. The first-order valence-corrected chi connectivity index (χ1v) is 8.02. The van der Waals surface area contributed by atoms with E-state index in [1.165, 1.54) is 6.20 Å². The lowest BCUT2D eigenvalue weighted by molar-refractivity contribution is -0.117. The van der Waals surface area contributed by atoms with Crippen LogP contribution < -0.4 is 10.6 Å². The van der Waals surface area contributed by atoms with Gasteiger partial charge in [-0.05, 0) is 42.3 Å². The molecule has 130 valence electrons. The number of carbonyl (C=O) groups is 1. The van der Waals surface area contributed by atoms with Crippen LogP contribution in [0.5, 0.6) is 5.75 Å². The maximum Gasteiger partial charge on any atom is 0.263 e. The number of aromatic hydroxyl groups is 1. The average molecular weight is 347 g/mol. The van der Waals surface area contributed by atoms with E-state index >= 15 is 0 Å². The molecule has 0 fully saturated rings. The lowest BCUT2D eigenvalue weighted by atomic mass is 10.1. The van der Waals surface area contributed by atoms with Crippen LogP contribution in [0.2, 0.25) is 0 Å². The molecule has 7 nitrogen and oxygen atoms in total. The molecule has 4 N–H and O–H groups in total. The van der Waals surface area contributed by atoms with Crippen molar-refractivity contribution in [2.75, 3.05) is 11.9 Å². The van der Waals surface area contributed by atoms with Crippen LogP contribution in [0.15, 0.2) is 60.4 Å². The summed E-state index contributed by atoms with van der Waals surface area (Å²) in [4.78, 5) is 12.1. The molecule has 7 heteroatoms. The van der Waals surface area contributed by atoms with Gasteiger partial charge < -0.3 is 15.7 Å². The summed E-state index contributed by atoms with van der Waals surface area (Å²) in [6.07, 6.45) is 3.71. The number of H-pyrrole nitrogens is 1. The second-order valence-corrected chi connectivity index (χ2v) is 5.66. The first-order valence-electron chi connectivity index (χ1n) is 8.02. The van der Waals surface area contributed by atoms with Crippen molar-refractivity contribution >= 4 is 22.5 Å². The Kier molecular flexibility index (Phi) is 5.15. The summed E-state index contributed by atoms with van der Waals surface area (Å²) >= 11 is 0. The smallest absolute Gasteiger partial charge is 0.263 e. The Morgan fingerprint density at radius 1 is 1.27 bits per heavy atom. The minimum absolute atomic E-state index is 0.0135. The van der Waals surface area contributed by atoms with Crippen molar-refractivity contribution in [3.8, 4) is 11.8 Å². The second kappa shape index (κ2) is 7.85. The lowest BCUT2D eigenvalue weighted by Gasteiger charge is -2.06. The van der Waals surface area contributed by atoms with Gasteiger partial charge in [-0.2, -0.15) is 10.4 Å². The van der Waals surface area contributed by atoms with Crippen molar-refractivity contribution in [1.29, 1.82) is 5.26 Å². The van der Waals surface area contributed by atoms with Crippen LogP contribution in [-0.2, 0) is 11.2 Å². The number of fused-ring (bicyclic) bond motifs is 1. The minimum Gasteiger partial charge on any atom is -0.508 e. The summed E-state index contributed by atoms with van der Waals surface area (Å²) < 4.78 is 0. The van der Waals surface area contributed by atoms with E-state index in [9.17, 15) is 15.2 Å². The van der Waals surface area contributed by atoms with Gasteiger partial charge in [0.2, 0.25) is 0 Å². The molecule has 0 spiro atoms. The first-order chi connectivity index (χ1) is 12.7. The molecule has 1 amide bonds. The molecule has 0 radical (unpaired) electrons. The quantitative estimate of drug-likeness (QED) is 0.404. The van der Waals surface area contributed by atoms with E-state index in [4.69, 9.17) is 0 Å². The Morgan fingerprint density at radius 3 is 2.85 bits per heavy atom. The SMILES string of the molecule is N#C/C(=C/Nc1ccc2cn[nH]c2c1)C(=O)NCCc1ccc(O)cc1. The predicted octanol–water partition coefficient (Wildman–Crippen LogP) is 2.45. The van der Waals surface area contributed by atoms with Crippen molar-refractivity contribution in [2.24, 2.45) is 0 Å². The number of aromatic amines is 1. The van der Waals surface area contributed by atoms with Crippen molar-refractivity contribution < 1.29 is 9.90 Å². The number of carbonyl (C=O) groups excluding carboxylic acids is 1. The third kappa shape index (κ3) is 4.19. The van der Waals surface area contributed by atoms with Crippen LogP contribution in [0.4, 0.5) is 5.69 Å². The summed E-state index contributed by atoms with van der Waals surface area (Å²) in [6.45, 7) is 0.392. The Morgan fingerprint density at radius 2 is 2.08 bits per heavy atom. The van der Waals surface area contributed by atoms with Gasteiger partial charge in [0.15, 0.2) is 0 Å². The fourth-order valence-corrected chi connectivity index (χ4v) is 2.41. The van der Waals surface area contributed by atoms with E-state index in [-0.39, 0.29) is 11.3 Å². The molecule has 0 saturated heterocycles. The summed E-state index contributed by atoms with van der Waals surface area (Å²) in [5.74, 6) is -0.242. The highest BCUT2D eigenvalue weighted by Crippen LogP contribution is 2.16. The van der Waals surface area contributed by atoms with Gasteiger partial charge in [0.25, 0.3) is 5.91 Å². The Balaban J connectivity index is 1.56. The van der Waals surface area contributed by atoms with Gasteiger partial charge in [-0.15, -0.1) is 0 Å². The third-order valence-corrected chi connectivity index (χ3v) is 3.83. The Bertz CT molecular complexity index is 983. The monoisotopic (exact) mass is 347 g/mol. The topological polar surface area (TPSA) is 114 Å². The van der Waals surface area contributed by atoms with Gasteiger partial charge >= 0.3 is 0 Å². The zero-order valence-corrected chi connectivity index (χ0v) is 13.9. The van der Waals surface area contributed by atoms with E-state index in [0.29, 0.717) is 13.0 Å². The zero-order chi connectivity index (χ0) is 18.4. The van der Waals surface area contributed by atoms with Crippen molar-refractivity contribution in [3.05, 3.63) is 66.0 Å². The number of hydrogen-bond acceptors (Lipinski definition) is 5. The van der Waals surface area contributed by atoms with Crippen LogP contribution >= 0.6 is 0 Å². The van der Waals surface area contributed by atoms with Crippen LogP contribution in [0.1, 0.15) is 5.56 Å². The molecule has 2 aromatic carbocycles. The van der Waals surface area contributed by atoms with Gasteiger partial charge in [-0.3, -0.25) is 9.89 Å². The number of anilines is 1. The number of rotatable bonds is 6. The Labute approximate surface area is 150 Å². The largest absolute Gasteiger partial charge is 0.508 e. The van der Waals surface area contributed by atoms with E-state index in [2.05, 4.69) is 20.8 Å². The molecule has 0 aliphatic carbocycles. The van der Waals surface area contributed by atoms with Crippen molar-refractivity contribution in [2.45, 2.75) is 6.42 Å². The highest BCUT2D eigenvalue weighted by Gasteiger charge is 2.08. The Hall–Kier alpha value is -3.79. The number of phenols is 1. The predicted molar refractivity (Wildman–Crippen MR) is 98.2 cm³/mol. The average Bonchev–Trinajstić information content (AvgIpc) is 3.11. The summed E-state index contributed by atoms with van der Waals surface area (Å²) in [5, 5.41) is 31.9. The second-order valence-electron chi connectivity index (χ2n) is 5.66. The van der Waals surface area contributed by atoms with Crippen LogP contribution in [0, 0.1) is 11.3 Å². The molecule has 1 aromatic heterocycles. The zero-order valence-electron chi connectivity index (χ0n) is 13.9. The highest BCUT2D eigenvalue weighted by atomic mass is 16.3. The number of nitrogens with one attached hydrogen (secondary N) is 3. The first kappa shape index (κ1) is 17.0. The normalized spacial score (nSPS) is 11.1. The van der Waals surface area contributed by atoms with E-state index in [0.717, 1.165) is 22.2 Å². The van der Waals surface area contributed by atoms with Crippen molar-refractivity contribution in [3.63, 3.8) is 0 Å². The fraction of sp³-hybridized carbons (Fsp3) is 0.105. The molecule has 0 aliphatic rings. The van der Waals surface area contributed by atoms with Crippen LogP contribution in [-0.4, -0.2) is 27.8 Å². The molecule has 0 atom stereocenters. The maximum atomic E-state index is 12.1. The van der Waals surface area contributed by atoms with Crippen LogP contribution in [0.3, 0.4) is 0 Å². The lowest BCUT2D eigenvalue weighted by Crippen LogP contribution is -2.27. The number of aromatic nitrogens is 2. The van der Waals surface area contributed by atoms with Crippen LogP contribution in [0.25, 0.3) is 10.9 Å². The number of phenolic OH excluding ortho intramolecular Hbond substituents is 1. The van der Waals surface area contributed by atoms with E-state index < -0.39 is 5.91 Å². The van der Waals surface area contributed by atoms with Gasteiger partial charge in [0.1, 0.15) is 17.4 Å². The molecule has 0 bridgehead atoms. The summed E-state index contributed by atoms with van der Waals surface area (Å²) in [6, 6.07) is 14.2. The van der Waals surface area contributed by atoms with Gasteiger partial charge in [-0.25, -0.2) is 0 Å². The number of benzene rings is 2. The summed E-state index contributed by atoms with van der Waals surface area (Å²) in [5.41, 5.74) is 2.57. The van der Waals surface area contributed by atoms with Gasteiger partial charge in [0, 0.05) is 23.8 Å². The maximum absolute atomic E-state index is 12.1. The molecular formula is C19H17N5O2. The van der Waals surface area contributed by atoms with E-state index in [1.54, 1.807) is 30.5 Å². The number of hydrogen-bond donors (Lipinski definition) is 4. The summed E-state index contributed by atoms with van der Waals surface area (Å²) in [7, 11) is 0. The molecule has 26 heavy (non-hydrogen) atoms. The number of amides is 1. The molecule has 0 aliphatic heterocycles. The minimum atomic E-state index is -0.443. The molecule has 0 unspecified atom stereocenters. The fourth-order valence-electron chi connectivity index (χ4n) is 2.41. The standard InChI is InChI=1S/C19H17N5O2/c20-10-15(11-22-16-4-3-14-12-23-24-18(14)9-16)19(26)21-8-7-13-1-5-17(25)6-2-13/h1-6,9,11-12,22,25H,7-8H2,(H,21,26)(H,23,24)/b15-11-. The highest BCUT2D eigenvalue weighted by molar-refractivity contribution is 5.97. The molecule has 0 saturated carbocycles. The van der Waals surface area contributed by atoms with Gasteiger partial charge in [-0.1, -0.05) is 12.1 Å². The molecule has 1 heterocycles. The molecule has 3 rings (SSSR count). The number of nitriles is 1. The van der Waals surface area contributed by atoms with Crippen molar-refractivity contribution in [1.82, 2.24) is 15.5 Å². The van der Waals surface area contributed by atoms with E-state index in [1.807, 2.05) is 24.3 Å². The number of nitrogens with zero attached hydrogens (tertiary/aromatic N) is 2. The van der Waals surface area contributed by atoms with Gasteiger partial charge in [0.05, 0.1) is 11.7 Å². The third-order valence-electron chi connectivity index (χ3n) is 3.83.